The van der Waals surface area contributed by atoms with Crippen LogP contribution >= 0.6 is 0 Å². The van der Waals surface area contributed by atoms with Gasteiger partial charge in [-0.05, 0) is 37.5 Å². The molecule has 20 heavy (non-hydrogen) atoms. The van der Waals surface area contributed by atoms with Crippen LogP contribution in [0.4, 0.5) is 18.9 Å². The average molecular weight is 285 g/mol. The number of hydrogen-bond donors (Lipinski definition) is 2. The smallest absolute Gasteiger partial charge is 0.384 e. The third kappa shape index (κ3) is 3.05. The molecule has 0 saturated carbocycles. The number of piperidine rings is 1. The highest BCUT2D eigenvalue weighted by Crippen LogP contribution is 2.36. The number of benzene rings is 1. The number of nitrogens with zero attached hydrogens (tertiary/aromatic N) is 1. The number of anilines is 1. The molecule has 0 aliphatic carbocycles. The van der Waals surface area contributed by atoms with Crippen LogP contribution in [0.25, 0.3) is 0 Å². The summed E-state index contributed by atoms with van der Waals surface area (Å²) in [7, 11) is 0. The highest BCUT2D eigenvalue weighted by molar-refractivity contribution is 6.00. The Labute approximate surface area is 116 Å². The molecule has 1 fully saturated rings. The number of halogens is 3. The predicted molar refractivity (Wildman–Crippen MR) is 73.2 cm³/mol. The molecular weight excluding hydrogens is 267 g/mol. The zero-order chi connectivity index (χ0) is 14.9. The van der Waals surface area contributed by atoms with Crippen molar-refractivity contribution in [2.75, 3.05) is 18.0 Å². The molecule has 0 aromatic heterocycles. The summed E-state index contributed by atoms with van der Waals surface area (Å²) >= 11 is 0. The van der Waals surface area contributed by atoms with Gasteiger partial charge in [-0.1, -0.05) is 6.07 Å². The summed E-state index contributed by atoms with van der Waals surface area (Å²) in [6.07, 6.45) is -3.92. The average Bonchev–Trinajstić information content (AvgIpc) is 2.37. The molecule has 110 valence electrons. The summed E-state index contributed by atoms with van der Waals surface area (Å²) in [5.74, 6) is -1.28. The lowest BCUT2D eigenvalue weighted by Crippen LogP contribution is -2.39. The van der Waals surface area contributed by atoms with Gasteiger partial charge in [-0.15, -0.1) is 0 Å². The maximum absolute atomic E-state index is 12.7. The summed E-state index contributed by atoms with van der Waals surface area (Å²) in [5.41, 5.74) is 7.89. The fourth-order valence-corrected chi connectivity index (χ4v) is 2.58. The Morgan fingerprint density at radius 2 is 1.90 bits per heavy atom. The molecule has 1 aliphatic heterocycles. The van der Waals surface area contributed by atoms with Gasteiger partial charge >= 0.3 is 6.18 Å². The van der Waals surface area contributed by atoms with Gasteiger partial charge < -0.3 is 10.6 Å². The lowest BCUT2D eigenvalue weighted by Gasteiger charge is -2.35. The van der Waals surface area contributed by atoms with E-state index in [1.54, 1.807) is 6.07 Å². The monoisotopic (exact) mass is 285 g/mol. The Balaban J connectivity index is 2.18. The molecule has 1 aromatic carbocycles. The minimum Gasteiger partial charge on any atom is -0.384 e. The number of nitrogens with two attached hydrogens (primary N) is 1. The molecule has 0 radical (unpaired) electrons. The standard InChI is InChI=1S/C14H18F3N3/c1-9-2-3-11(13(18)19)12(8-9)20-6-4-10(5-7-20)14(15,16)17/h2-3,8,10H,4-7H2,1H3,(H3,18,19). The number of aryl methyl sites for hydroxylation is 1. The minimum atomic E-state index is -4.11. The van der Waals surface area contributed by atoms with Gasteiger partial charge in [0.15, 0.2) is 0 Å². The van der Waals surface area contributed by atoms with E-state index in [2.05, 4.69) is 0 Å². The quantitative estimate of drug-likeness (QED) is 0.648. The fourth-order valence-electron chi connectivity index (χ4n) is 2.58. The van der Waals surface area contributed by atoms with Crippen LogP contribution in [0.2, 0.25) is 0 Å². The first kappa shape index (κ1) is 14.7. The molecule has 0 amide bonds. The zero-order valence-corrected chi connectivity index (χ0v) is 11.3. The molecule has 1 heterocycles. The third-order valence-corrected chi connectivity index (χ3v) is 3.74. The minimum absolute atomic E-state index is 0.0575. The van der Waals surface area contributed by atoms with Crippen LogP contribution in [0, 0.1) is 18.3 Å². The topological polar surface area (TPSA) is 53.1 Å². The fraction of sp³-hybridized carbons (Fsp3) is 0.500. The van der Waals surface area contributed by atoms with Crippen molar-refractivity contribution in [3.8, 4) is 0 Å². The van der Waals surface area contributed by atoms with Gasteiger partial charge in [0, 0.05) is 24.3 Å². The van der Waals surface area contributed by atoms with Gasteiger partial charge in [-0.3, -0.25) is 5.41 Å². The van der Waals surface area contributed by atoms with E-state index in [-0.39, 0.29) is 18.7 Å². The van der Waals surface area contributed by atoms with Crippen molar-refractivity contribution in [2.24, 2.45) is 11.7 Å². The van der Waals surface area contributed by atoms with Crippen LogP contribution in [0.1, 0.15) is 24.0 Å². The lowest BCUT2D eigenvalue weighted by atomic mass is 9.95. The number of nitrogens with one attached hydrogen (secondary N) is 1. The van der Waals surface area contributed by atoms with Gasteiger partial charge in [0.1, 0.15) is 5.84 Å². The Morgan fingerprint density at radius 1 is 1.30 bits per heavy atom. The zero-order valence-electron chi connectivity index (χ0n) is 11.3. The Hall–Kier alpha value is -1.72. The van der Waals surface area contributed by atoms with Crippen molar-refractivity contribution >= 4 is 11.5 Å². The van der Waals surface area contributed by atoms with Crippen molar-refractivity contribution in [1.82, 2.24) is 0 Å². The van der Waals surface area contributed by atoms with Crippen LogP contribution in [-0.4, -0.2) is 25.1 Å². The second kappa shape index (κ2) is 5.34. The molecule has 0 unspecified atom stereocenters. The maximum atomic E-state index is 12.7. The second-order valence-electron chi connectivity index (χ2n) is 5.24. The van der Waals surface area contributed by atoms with Gasteiger partial charge in [0.25, 0.3) is 0 Å². The summed E-state index contributed by atoms with van der Waals surface area (Å²) in [6, 6.07) is 5.48. The molecule has 2 rings (SSSR count). The van der Waals surface area contributed by atoms with Crippen molar-refractivity contribution in [2.45, 2.75) is 25.9 Å². The number of amidine groups is 1. The maximum Gasteiger partial charge on any atom is 0.391 e. The Morgan fingerprint density at radius 3 is 2.40 bits per heavy atom. The molecule has 0 atom stereocenters. The first-order valence-electron chi connectivity index (χ1n) is 6.55. The summed E-state index contributed by atoms with van der Waals surface area (Å²) < 4.78 is 38.0. The van der Waals surface area contributed by atoms with Crippen molar-refractivity contribution in [3.63, 3.8) is 0 Å². The van der Waals surface area contributed by atoms with Crippen LogP contribution in [-0.2, 0) is 0 Å². The molecular formula is C14H18F3N3. The normalized spacial score (nSPS) is 17.3. The van der Waals surface area contributed by atoms with Crippen LogP contribution < -0.4 is 10.6 Å². The highest BCUT2D eigenvalue weighted by atomic mass is 19.4. The van der Waals surface area contributed by atoms with E-state index in [1.165, 1.54) is 0 Å². The second-order valence-corrected chi connectivity index (χ2v) is 5.24. The highest BCUT2D eigenvalue weighted by Gasteiger charge is 2.41. The molecule has 1 aliphatic rings. The van der Waals surface area contributed by atoms with Crippen molar-refractivity contribution < 1.29 is 13.2 Å². The number of hydrogen-bond acceptors (Lipinski definition) is 2. The van der Waals surface area contributed by atoms with Crippen molar-refractivity contribution in [3.05, 3.63) is 29.3 Å². The predicted octanol–water partition coefficient (Wildman–Crippen LogP) is 3.06. The largest absolute Gasteiger partial charge is 0.391 e. The van der Waals surface area contributed by atoms with E-state index < -0.39 is 12.1 Å². The van der Waals surface area contributed by atoms with E-state index >= 15 is 0 Å². The molecule has 3 N–H and O–H groups in total. The molecule has 1 aromatic rings. The molecule has 1 saturated heterocycles. The summed E-state index contributed by atoms with van der Waals surface area (Å²) in [5, 5.41) is 7.58. The van der Waals surface area contributed by atoms with E-state index in [9.17, 15) is 13.2 Å². The molecule has 0 bridgehead atoms. The van der Waals surface area contributed by atoms with E-state index in [1.807, 2.05) is 24.0 Å². The van der Waals surface area contributed by atoms with Gasteiger partial charge in [0.2, 0.25) is 0 Å². The van der Waals surface area contributed by atoms with E-state index in [0.717, 1.165) is 11.3 Å². The Bertz CT molecular complexity index is 503. The SMILES string of the molecule is Cc1ccc(C(=N)N)c(N2CCC(C(F)(F)F)CC2)c1. The summed E-state index contributed by atoms with van der Waals surface area (Å²) in [6.45, 7) is 2.59. The van der Waals surface area contributed by atoms with Crippen LogP contribution in [0.3, 0.4) is 0 Å². The third-order valence-electron chi connectivity index (χ3n) is 3.74. The van der Waals surface area contributed by atoms with E-state index in [4.69, 9.17) is 11.1 Å². The molecule has 0 spiro atoms. The van der Waals surface area contributed by atoms with E-state index in [0.29, 0.717) is 18.7 Å². The number of nitrogen functional groups attached to an aromatic ring is 1. The van der Waals surface area contributed by atoms with Gasteiger partial charge in [-0.25, -0.2) is 0 Å². The van der Waals surface area contributed by atoms with Gasteiger partial charge in [0.05, 0.1) is 5.92 Å². The van der Waals surface area contributed by atoms with Crippen molar-refractivity contribution in [1.29, 1.82) is 5.41 Å². The van der Waals surface area contributed by atoms with Crippen LogP contribution in [0.5, 0.6) is 0 Å². The molecule has 6 heteroatoms. The molecule has 3 nitrogen and oxygen atoms in total. The van der Waals surface area contributed by atoms with Crippen LogP contribution in [0.15, 0.2) is 18.2 Å². The number of alkyl halides is 3. The van der Waals surface area contributed by atoms with Gasteiger partial charge in [-0.2, -0.15) is 13.2 Å². The first-order chi connectivity index (χ1) is 9.29. The lowest BCUT2D eigenvalue weighted by molar-refractivity contribution is -0.179. The first-order valence-corrected chi connectivity index (χ1v) is 6.55. The summed E-state index contributed by atoms with van der Waals surface area (Å²) in [4.78, 5) is 1.89. The Kier molecular flexibility index (Phi) is 3.92. The number of rotatable bonds is 2.